The van der Waals surface area contributed by atoms with Crippen molar-refractivity contribution >= 4 is 5.78 Å². The van der Waals surface area contributed by atoms with Gasteiger partial charge in [0.05, 0.1) is 0 Å². The maximum atomic E-state index is 11.5. The Bertz CT molecular complexity index is 412. The smallest absolute Gasteiger partial charge is 0.170 e. The van der Waals surface area contributed by atoms with Crippen LogP contribution < -0.4 is 0 Å². The van der Waals surface area contributed by atoms with Crippen molar-refractivity contribution in [3.05, 3.63) is 17.2 Å². The summed E-state index contributed by atoms with van der Waals surface area (Å²) in [6, 6.07) is 1.07. The van der Waals surface area contributed by atoms with E-state index in [1.54, 1.807) is 14.2 Å². The number of Topliss-reactive ketones (excluding diaryl/α,β-unsaturated/α-hetero) is 1. The van der Waals surface area contributed by atoms with Crippen LogP contribution in [0.1, 0.15) is 35.7 Å². The number of ketones is 1. The summed E-state index contributed by atoms with van der Waals surface area (Å²) in [4.78, 5) is 11.5. The van der Waals surface area contributed by atoms with E-state index in [4.69, 9.17) is 0 Å². The van der Waals surface area contributed by atoms with Crippen LogP contribution in [0.4, 0.5) is 0 Å². The summed E-state index contributed by atoms with van der Waals surface area (Å²) in [5, 5.41) is 28.4. The predicted molar refractivity (Wildman–Crippen MR) is 68.3 cm³/mol. The van der Waals surface area contributed by atoms with Crippen molar-refractivity contribution in [1.82, 2.24) is 0 Å². The van der Waals surface area contributed by atoms with Crippen LogP contribution in [0.25, 0.3) is 0 Å². The molecule has 0 amide bonds. The molecule has 0 fully saturated rings. The minimum Gasteiger partial charge on any atom is -0.507 e. The normalized spacial score (nSPS) is 9.56. The highest BCUT2D eigenvalue weighted by molar-refractivity contribution is 6.01. The summed E-state index contributed by atoms with van der Waals surface area (Å²) in [6.45, 7) is 3.31. The molecule has 0 aliphatic heterocycles. The number of carbonyl (C=O) groups excluding carboxylic acids is 1. The number of hydrogen-bond acceptors (Lipinski definition) is 5. The maximum absolute atomic E-state index is 11.5. The number of rotatable bonds is 3. The number of hydrogen-bond donors (Lipinski definition) is 3. The highest BCUT2D eigenvalue weighted by Gasteiger charge is 2.19. The van der Waals surface area contributed by atoms with E-state index in [2.05, 4.69) is 4.74 Å². The van der Waals surface area contributed by atoms with Crippen LogP contribution in [0.3, 0.4) is 0 Å². The molecule has 1 aromatic carbocycles. The summed E-state index contributed by atoms with van der Waals surface area (Å²) < 4.78 is 4.25. The third kappa shape index (κ3) is 3.92. The van der Waals surface area contributed by atoms with E-state index in [1.807, 2.05) is 6.92 Å². The molecule has 0 spiro atoms. The third-order valence-electron chi connectivity index (χ3n) is 2.26. The Labute approximate surface area is 107 Å². The number of phenols is 3. The molecular weight excluding hydrogens is 236 g/mol. The van der Waals surface area contributed by atoms with Gasteiger partial charge in [0.2, 0.25) is 0 Å². The molecule has 0 saturated heterocycles. The molecule has 0 aliphatic rings. The van der Waals surface area contributed by atoms with Gasteiger partial charge in [-0.25, -0.2) is 0 Å². The van der Waals surface area contributed by atoms with Crippen LogP contribution >= 0.6 is 0 Å². The molecule has 0 bridgehead atoms. The molecule has 1 rings (SSSR count). The van der Waals surface area contributed by atoms with Gasteiger partial charge in [0.15, 0.2) is 5.78 Å². The summed E-state index contributed by atoms with van der Waals surface area (Å²) in [7, 11) is 3.25. The molecule has 5 nitrogen and oxygen atoms in total. The number of ether oxygens (including phenoxy) is 1. The first-order valence-corrected chi connectivity index (χ1v) is 5.58. The fraction of sp³-hybridized carbons (Fsp3) is 0.462. The van der Waals surface area contributed by atoms with Crippen molar-refractivity contribution in [2.75, 3.05) is 14.2 Å². The van der Waals surface area contributed by atoms with Crippen molar-refractivity contribution in [3.63, 3.8) is 0 Å². The minimum absolute atomic E-state index is 0.104. The minimum atomic E-state index is -0.381. The second-order valence-electron chi connectivity index (χ2n) is 3.84. The molecular formula is C13H20O5. The first-order valence-electron chi connectivity index (χ1n) is 5.58. The summed E-state index contributed by atoms with van der Waals surface area (Å²) in [5.41, 5.74) is 0.0967. The molecule has 3 N–H and O–H groups in total. The average molecular weight is 256 g/mol. The lowest BCUT2D eigenvalue weighted by molar-refractivity contribution is 0.0976. The molecule has 0 unspecified atom stereocenters. The Morgan fingerprint density at radius 2 is 1.72 bits per heavy atom. The molecule has 0 aromatic heterocycles. The van der Waals surface area contributed by atoms with Gasteiger partial charge < -0.3 is 20.1 Å². The number of benzene rings is 1. The van der Waals surface area contributed by atoms with Gasteiger partial charge in [-0.1, -0.05) is 6.92 Å². The Morgan fingerprint density at radius 1 is 1.22 bits per heavy atom. The van der Waals surface area contributed by atoms with Crippen molar-refractivity contribution in [1.29, 1.82) is 0 Å². The molecule has 1 aromatic rings. The number of phenolic OH excluding ortho intramolecular Hbond substituents is 3. The second kappa shape index (κ2) is 7.55. The quantitative estimate of drug-likeness (QED) is 0.723. The van der Waals surface area contributed by atoms with Crippen molar-refractivity contribution < 1.29 is 24.9 Å². The van der Waals surface area contributed by atoms with E-state index in [-0.39, 0.29) is 40.6 Å². The summed E-state index contributed by atoms with van der Waals surface area (Å²) in [6.07, 6.45) is 0.892. The largest absolute Gasteiger partial charge is 0.507 e. The van der Waals surface area contributed by atoms with Crippen LogP contribution in [0.5, 0.6) is 17.2 Å². The van der Waals surface area contributed by atoms with Gasteiger partial charge in [0, 0.05) is 32.3 Å². The van der Waals surface area contributed by atoms with Crippen molar-refractivity contribution in [2.45, 2.75) is 26.7 Å². The van der Waals surface area contributed by atoms with E-state index in [0.717, 1.165) is 6.07 Å². The zero-order chi connectivity index (χ0) is 14.3. The zero-order valence-electron chi connectivity index (χ0n) is 11.1. The van der Waals surface area contributed by atoms with E-state index in [0.29, 0.717) is 6.42 Å². The van der Waals surface area contributed by atoms with Crippen molar-refractivity contribution in [3.8, 4) is 17.2 Å². The fourth-order valence-corrected chi connectivity index (χ4v) is 1.37. The Balaban J connectivity index is 0.000000873. The Morgan fingerprint density at radius 3 is 2.17 bits per heavy atom. The van der Waals surface area contributed by atoms with Crippen LogP contribution in [-0.2, 0) is 4.74 Å². The van der Waals surface area contributed by atoms with Crippen molar-refractivity contribution in [2.24, 2.45) is 0 Å². The Hall–Kier alpha value is -1.75. The van der Waals surface area contributed by atoms with Gasteiger partial charge in [-0.3, -0.25) is 4.79 Å². The topological polar surface area (TPSA) is 87.0 Å². The van der Waals surface area contributed by atoms with Crippen LogP contribution in [0, 0.1) is 6.92 Å². The third-order valence-corrected chi connectivity index (χ3v) is 2.26. The van der Waals surface area contributed by atoms with Gasteiger partial charge in [-0.15, -0.1) is 0 Å². The molecule has 102 valence electrons. The maximum Gasteiger partial charge on any atom is 0.170 e. The monoisotopic (exact) mass is 256 g/mol. The summed E-state index contributed by atoms with van der Waals surface area (Å²) in [5.74, 6) is -1.27. The first-order chi connectivity index (χ1) is 8.40. The molecule has 0 atom stereocenters. The molecule has 0 saturated carbocycles. The van der Waals surface area contributed by atoms with Crippen LogP contribution in [0.15, 0.2) is 6.07 Å². The molecule has 0 aliphatic carbocycles. The predicted octanol–water partition coefficient (Wildman–Crippen LogP) is 2.36. The van der Waals surface area contributed by atoms with Gasteiger partial charge >= 0.3 is 0 Å². The highest BCUT2D eigenvalue weighted by Crippen LogP contribution is 2.37. The lowest BCUT2D eigenvalue weighted by Crippen LogP contribution is -2.00. The SMILES string of the molecule is CCCC(=O)c1c(O)cc(O)c(C)c1O.COC. The fourth-order valence-electron chi connectivity index (χ4n) is 1.37. The molecule has 5 heteroatoms. The molecule has 18 heavy (non-hydrogen) atoms. The van der Waals surface area contributed by atoms with Gasteiger partial charge in [0.25, 0.3) is 0 Å². The first kappa shape index (κ1) is 16.2. The summed E-state index contributed by atoms with van der Waals surface area (Å²) >= 11 is 0. The molecule has 0 heterocycles. The number of methoxy groups -OCH3 is 1. The lowest BCUT2D eigenvalue weighted by Gasteiger charge is -2.09. The number of carbonyl (C=O) groups is 1. The highest BCUT2D eigenvalue weighted by atomic mass is 16.4. The van der Waals surface area contributed by atoms with Gasteiger partial charge in [0.1, 0.15) is 22.8 Å². The van der Waals surface area contributed by atoms with E-state index in [9.17, 15) is 20.1 Å². The van der Waals surface area contributed by atoms with E-state index < -0.39 is 0 Å². The Kier molecular flexibility index (Phi) is 6.82. The number of aromatic hydroxyl groups is 3. The molecule has 0 radical (unpaired) electrons. The van der Waals surface area contributed by atoms with Crippen LogP contribution in [-0.4, -0.2) is 35.3 Å². The van der Waals surface area contributed by atoms with Crippen LogP contribution in [0.2, 0.25) is 0 Å². The van der Waals surface area contributed by atoms with E-state index in [1.165, 1.54) is 6.92 Å². The van der Waals surface area contributed by atoms with Gasteiger partial charge in [-0.2, -0.15) is 0 Å². The average Bonchev–Trinajstić information content (AvgIpc) is 2.27. The second-order valence-corrected chi connectivity index (χ2v) is 3.84. The zero-order valence-corrected chi connectivity index (χ0v) is 11.1. The van der Waals surface area contributed by atoms with Gasteiger partial charge in [-0.05, 0) is 13.3 Å². The van der Waals surface area contributed by atoms with E-state index >= 15 is 0 Å². The standard InChI is InChI=1S/C11H14O4.C2H6O/c1-3-4-7(12)10-9(14)5-8(13)6(2)11(10)15;1-3-2/h5,13-15H,3-4H2,1-2H3;1-2H3. The lowest BCUT2D eigenvalue weighted by atomic mass is 10.0.